The van der Waals surface area contributed by atoms with E-state index in [2.05, 4.69) is 25.3 Å². The van der Waals surface area contributed by atoms with Crippen molar-refractivity contribution in [2.24, 2.45) is 4.40 Å². The lowest BCUT2D eigenvalue weighted by Crippen LogP contribution is -1.96. The highest BCUT2D eigenvalue weighted by atomic mass is 79.9. The van der Waals surface area contributed by atoms with Gasteiger partial charge in [-0.3, -0.25) is 4.98 Å². The summed E-state index contributed by atoms with van der Waals surface area (Å²) in [5, 5.41) is 0. The highest BCUT2D eigenvalue weighted by Crippen LogP contribution is 2.15. The van der Waals surface area contributed by atoms with Crippen LogP contribution in [0.3, 0.4) is 0 Å². The summed E-state index contributed by atoms with van der Waals surface area (Å²) in [6.07, 6.45) is 3.49. The zero-order chi connectivity index (χ0) is 9.90. The molecule has 13 heavy (non-hydrogen) atoms. The van der Waals surface area contributed by atoms with E-state index in [9.17, 15) is 13.2 Å². The molecule has 1 aromatic rings. The smallest absolute Gasteiger partial charge is 0.262 e. The number of carbonyl (C=O) groups excluding carboxylic acids is 1. The third kappa shape index (κ3) is 2.45. The Balaban J connectivity index is 3.31. The fourth-order valence-corrected chi connectivity index (χ4v) is 1.83. The molecule has 5 nitrogen and oxygen atoms in total. The molecule has 0 saturated carbocycles. The minimum atomic E-state index is -3.92. The Bertz CT molecular complexity index is 465. The van der Waals surface area contributed by atoms with Gasteiger partial charge in [-0.2, -0.15) is 8.42 Å². The Kier molecular flexibility index (Phi) is 2.92. The van der Waals surface area contributed by atoms with Gasteiger partial charge in [0.05, 0.1) is 0 Å². The van der Waals surface area contributed by atoms with Crippen molar-refractivity contribution < 1.29 is 13.2 Å². The Morgan fingerprint density at radius 1 is 1.46 bits per heavy atom. The van der Waals surface area contributed by atoms with Gasteiger partial charge in [-0.05, 0) is 22.0 Å². The summed E-state index contributed by atoms with van der Waals surface area (Å²) in [5.41, 5.74) is 0. The predicted molar refractivity (Wildman–Crippen MR) is 47.2 cm³/mol. The van der Waals surface area contributed by atoms with E-state index >= 15 is 0 Å². The molecule has 0 bridgehead atoms. The molecule has 0 amide bonds. The average molecular weight is 263 g/mol. The zero-order valence-corrected chi connectivity index (χ0v) is 8.54. The van der Waals surface area contributed by atoms with Crippen LogP contribution in [0.4, 0.5) is 0 Å². The van der Waals surface area contributed by atoms with Crippen LogP contribution in [0.1, 0.15) is 0 Å². The molecule has 0 atom stereocenters. The van der Waals surface area contributed by atoms with Crippen LogP contribution in [0.25, 0.3) is 0 Å². The molecule has 1 aromatic heterocycles. The zero-order valence-electron chi connectivity index (χ0n) is 6.14. The van der Waals surface area contributed by atoms with Gasteiger partial charge in [-0.15, -0.1) is 0 Å². The van der Waals surface area contributed by atoms with Gasteiger partial charge in [0.15, 0.2) is 0 Å². The maximum absolute atomic E-state index is 11.1. The van der Waals surface area contributed by atoms with E-state index < -0.39 is 10.0 Å². The van der Waals surface area contributed by atoms with Crippen LogP contribution in [0.15, 0.2) is 32.2 Å². The number of aromatic nitrogens is 1. The van der Waals surface area contributed by atoms with E-state index in [4.69, 9.17) is 0 Å². The fraction of sp³-hybridized carbons (Fsp3) is 0. The molecule has 1 rings (SSSR count). The normalized spacial score (nSPS) is 10.5. The summed E-state index contributed by atoms with van der Waals surface area (Å²) in [5.74, 6) is 0. The first-order valence-corrected chi connectivity index (χ1v) is 5.24. The van der Waals surface area contributed by atoms with E-state index in [0.717, 1.165) is 12.3 Å². The maximum Gasteiger partial charge on any atom is 0.294 e. The van der Waals surface area contributed by atoms with Crippen molar-refractivity contribution in [3.8, 4) is 0 Å². The van der Waals surface area contributed by atoms with Crippen LogP contribution in [0.2, 0.25) is 0 Å². The first-order valence-electron chi connectivity index (χ1n) is 3.01. The van der Waals surface area contributed by atoms with Crippen molar-refractivity contribution in [2.75, 3.05) is 0 Å². The van der Waals surface area contributed by atoms with Crippen LogP contribution in [-0.2, 0) is 14.8 Å². The molecule has 68 valence electrons. The van der Waals surface area contributed by atoms with Gasteiger partial charge in [0, 0.05) is 16.9 Å². The summed E-state index contributed by atoms with van der Waals surface area (Å²) in [6, 6.07) is 1.29. The quantitative estimate of drug-likeness (QED) is 0.586. The third-order valence-electron chi connectivity index (χ3n) is 1.14. The van der Waals surface area contributed by atoms with Crippen molar-refractivity contribution in [1.29, 1.82) is 0 Å². The molecule has 0 aliphatic heterocycles. The van der Waals surface area contributed by atoms with E-state index in [1.807, 2.05) is 0 Å². The molecule has 0 aliphatic carbocycles. The number of rotatable bonds is 2. The summed E-state index contributed by atoms with van der Waals surface area (Å²) in [7, 11) is -3.92. The molecule has 0 aliphatic rings. The number of isocyanates is 1. The topological polar surface area (TPSA) is 76.5 Å². The van der Waals surface area contributed by atoms with Gasteiger partial charge >= 0.3 is 0 Å². The van der Waals surface area contributed by atoms with Crippen LogP contribution in [-0.4, -0.2) is 19.5 Å². The van der Waals surface area contributed by atoms with Crippen LogP contribution in [0, 0.1) is 0 Å². The first-order chi connectivity index (χ1) is 6.06. The summed E-state index contributed by atoms with van der Waals surface area (Å²) in [6.45, 7) is 0. The summed E-state index contributed by atoms with van der Waals surface area (Å²) in [4.78, 5) is 13.2. The van der Waals surface area contributed by atoms with Crippen LogP contribution in [0.5, 0.6) is 0 Å². The first kappa shape index (κ1) is 10.0. The predicted octanol–water partition coefficient (Wildman–Crippen LogP) is 0.869. The molecule has 0 aromatic carbocycles. The van der Waals surface area contributed by atoms with Crippen molar-refractivity contribution in [2.45, 2.75) is 4.90 Å². The molecule has 0 radical (unpaired) electrons. The molecule has 0 spiro atoms. The second-order valence-corrected chi connectivity index (χ2v) is 4.52. The molecule has 0 unspecified atom stereocenters. The van der Waals surface area contributed by atoms with E-state index in [1.165, 1.54) is 12.3 Å². The number of sulfonamides is 1. The molecule has 0 saturated heterocycles. The summed E-state index contributed by atoms with van der Waals surface area (Å²) >= 11 is 3.04. The lowest BCUT2D eigenvalue weighted by Gasteiger charge is -1.95. The van der Waals surface area contributed by atoms with Crippen LogP contribution >= 0.6 is 15.9 Å². The number of halogens is 1. The Morgan fingerprint density at radius 2 is 2.15 bits per heavy atom. The Morgan fingerprint density at radius 3 is 2.69 bits per heavy atom. The van der Waals surface area contributed by atoms with Crippen molar-refractivity contribution in [3.05, 3.63) is 22.9 Å². The Labute approximate surface area is 82.7 Å². The molecule has 0 fully saturated rings. The SMILES string of the molecule is O=C=NS(=O)(=O)c1cncc(Br)c1. The van der Waals surface area contributed by atoms with Crippen molar-refractivity contribution in [1.82, 2.24) is 4.98 Å². The third-order valence-corrected chi connectivity index (χ3v) is 2.70. The molecule has 1 heterocycles. The molecule has 7 heteroatoms. The lowest BCUT2D eigenvalue weighted by atomic mass is 10.5. The van der Waals surface area contributed by atoms with Gasteiger partial charge in [0.2, 0.25) is 0 Å². The number of pyridine rings is 1. The highest BCUT2D eigenvalue weighted by molar-refractivity contribution is 9.10. The largest absolute Gasteiger partial charge is 0.294 e. The number of nitrogens with zero attached hydrogens (tertiary/aromatic N) is 2. The molecular formula is C6H3BrN2O3S. The monoisotopic (exact) mass is 262 g/mol. The lowest BCUT2D eigenvalue weighted by molar-refractivity contribution is 0.563. The molecule has 0 N–H and O–H groups in total. The standard InChI is InChI=1S/C6H3BrN2O3S/c7-5-1-6(3-8-2-5)13(11,12)9-4-10/h1-3H. The minimum Gasteiger partial charge on any atom is -0.262 e. The van der Waals surface area contributed by atoms with Gasteiger partial charge in [0.25, 0.3) is 16.1 Å². The number of hydrogen-bond donors (Lipinski definition) is 0. The number of hydrogen-bond acceptors (Lipinski definition) is 4. The summed E-state index contributed by atoms with van der Waals surface area (Å²) < 4.78 is 25.4. The minimum absolute atomic E-state index is 0.148. The van der Waals surface area contributed by atoms with Crippen molar-refractivity contribution in [3.63, 3.8) is 0 Å². The van der Waals surface area contributed by atoms with Gasteiger partial charge < -0.3 is 0 Å². The van der Waals surface area contributed by atoms with Gasteiger partial charge in [0.1, 0.15) is 4.90 Å². The second kappa shape index (κ2) is 3.78. The average Bonchev–Trinajstić information content (AvgIpc) is 2.04. The van der Waals surface area contributed by atoms with E-state index in [1.54, 1.807) is 0 Å². The van der Waals surface area contributed by atoms with E-state index in [-0.39, 0.29) is 4.90 Å². The second-order valence-electron chi connectivity index (χ2n) is 2.00. The maximum atomic E-state index is 11.1. The van der Waals surface area contributed by atoms with Gasteiger partial charge in [-0.1, -0.05) is 4.40 Å². The molecular weight excluding hydrogens is 260 g/mol. The van der Waals surface area contributed by atoms with E-state index in [0.29, 0.717) is 4.47 Å². The van der Waals surface area contributed by atoms with Gasteiger partial charge in [-0.25, -0.2) is 4.79 Å². The Hall–Kier alpha value is -1.04. The van der Waals surface area contributed by atoms with Crippen molar-refractivity contribution >= 4 is 32.0 Å². The fourth-order valence-electron chi connectivity index (χ4n) is 0.635. The highest BCUT2D eigenvalue weighted by Gasteiger charge is 2.12. The van der Waals surface area contributed by atoms with Crippen LogP contribution < -0.4 is 0 Å².